The van der Waals surface area contributed by atoms with E-state index < -0.39 is 0 Å². The average molecular weight is 310 g/mol. The first-order valence-electron chi connectivity index (χ1n) is 6.93. The molecule has 1 aliphatic heterocycles. The van der Waals surface area contributed by atoms with Crippen molar-refractivity contribution in [3.8, 4) is 0 Å². The molecule has 98 valence electrons. The summed E-state index contributed by atoms with van der Waals surface area (Å²) in [4.78, 5) is 0. The Bertz CT molecular complexity index is 376. The topological polar surface area (TPSA) is 21.3 Å². The maximum Gasteiger partial charge on any atom is 0.0949 e. The SMILES string of the molecule is Brc1ccc(C2CNC3CCCCC3CO2)cc1. The lowest BCUT2D eigenvalue weighted by molar-refractivity contribution is 0.0401. The van der Waals surface area contributed by atoms with Gasteiger partial charge in [-0.1, -0.05) is 40.9 Å². The van der Waals surface area contributed by atoms with Gasteiger partial charge in [0.05, 0.1) is 12.7 Å². The Balaban J connectivity index is 1.69. The molecule has 2 fully saturated rings. The predicted molar refractivity (Wildman–Crippen MR) is 76.6 cm³/mol. The standard InChI is InChI=1S/C15H20BrNO/c16-13-7-5-11(6-8-13)15-9-17-14-4-2-1-3-12(14)10-18-15/h5-8,12,14-15,17H,1-4,9-10H2. The Kier molecular flexibility index (Phi) is 4.02. The molecule has 3 rings (SSSR count). The van der Waals surface area contributed by atoms with Crippen molar-refractivity contribution in [1.82, 2.24) is 5.32 Å². The van der Waals surface area contributed by atoms with Crippen LogP contribution in [-0.2, 0) is 4.74 Å². The molecular weight excluding hydrogens is 290 g/mol. The van der Waals surface area contributed by atoms with Gasteiger partial charge in [0.15, 0.2) is 0 Å². The minimum atomic E-state index is 0.212. The zero-order valence-electron chi connectivity index (χ0n) is 10.6. The third-order valence-electron chi connectivity index (χ3n) is 4.23. The van der Waals surface area contributed by atoms with Gasteiger partial charge < -0.3 is 10.1 Å². The number of rotatable bonds is 1. The lowest BCUT2D eigenvalue weighted by Crippen LogP contribution is -2.38. The number of hydrogen-bond acceptors (Lipinski definition) is 2. The van der Waals surface area contributed by atoms with Gasteiger partial charge in [-0.3, -0.25) is 0 Å². The van der Waals surface area contributed by atoms with Gasteiger partial charge in [-0.05, 0) is 36.5 Å². The van der Waals surface area contributed by atoms with Crippen molar-refractivity contribution in [2.24, 2.45) is 5.92 Å². The monoisotopic (exact) mass is 309 g/mol. The largest absolute Gasteiger partial charge is 0.372 e. The minimum Gasteiger partial charge on any atom is -0.372 e. The maximum atomic E-state index is 6.12. The molecular formula is C15H20BrNO. The molecule has 3 unspecified atom stereocenters. The molecule has 0 aromatic heterocycles. The fourth-order valence-electron chi connectivity index (χ4n) is 3.12. The van der Waals surface area contributed by atoms with Gasteiger partial charge in [-0.2, -0.15) is 0 Å². The zero-order valence-corrected chi connectivity index (χ0v) is 12.2. The number of ether oxygens (including phenoxy) is 1. The van der Waals surface area contributed by atoms with Crippen LogP contribution >= 0.6 is 15.9 Å². The summed E-state index contributed by atoms with van der Waals surface area (Å²) < 4.78 is 7.25. The quantitative estimate of drug-likeness (QED) is 0.854. The van der Waals surface area contributed by atoms with E-state index in [1.54, 1.807) is 0 Å². The van der Waals surface area contributed by atoms with Crippen LogP contribution in [0.25, 0.3) is 0 Å². The lowest BCUT2D eigenvalue weighted by Gasteiger charge is -2.29. The fourth-order valence-corrected chi connectivity index (χ4v) is 3.39. The molecule has 3 atom stereocenters. The molecule has 2 nitrogen and oxygen atoms in total. The van der Waals surface area contributed by atoms with Gasteiger partial charge in [-0.15, -0.1) is 0 Å². The second-order valence-corrected chi connectivity index (χ2v) is 6.35. The highest BCUT2D eigenvalue weighted by molar-refractivity contribution is 9.10. The van der Waals surface area contributed by atoms with Crippen LogP contribution in [0.5, 0.6) is 0 Å². The summed E-state index contributed by atoms with van der Waals surface area (Å²) in [6, 6.07) is 9.18. The van der Waals surface area contributed by atoms with Crippen molar-refractivity contribution in [1.29, 1.82) is 0 Å². The van der Waals surface area contributed by atoms with Crippen LogP contribution in [-0.4, -0.2) is 19.2 Å². The van der Waals surface area contributed by atoms with Gasteiger partial charge in [0.1, 0.15) is 0 Å². The molecule has 1 heterocycles. The van der Waals surface area contributed by atoms with E-state index in [9.17, 15) is 0 Å². The Morgan fingerprint density at radius 2 is 1.89 bits per heavy atom. The molecule has 2 aliphatic rings. The molecule has 0 radical (unpaired) electrons. The van der Waals surface area contributed by atoms with E-state index in [0.717, 1.165) is 23.5 Å². The van der Waals surface area contributed by atoms with Crippen molar-refractivity contribution in [2.75, 3.05) is 13.2 Å². The van der Waals surface area contributed by atoms with Crippen molar-refractivity contribution in [2.45, 2.75) is 37.8 Å². The highest BCUT2D eigenvalue weighted by Gasteiger charge is 2.29. The molecule has 1 aliphatic carbocycles. The number of hydrogen-bond donors (Lipinski definition) is 1. The highest BCUT2D eigenvalue weighted by Crippen LogP contribution is 2.30. The Labute approximate surface area is 117 Å². The van der Waals surface area contributed by atoms with Crippen LogP contribution in [0.1, 0.15) is 37.4 Å². The molecule has 18 heavy (non-hydrogen) atoms. The summed E-state index contributed by atoms with van der Waals surface area (Å²) in [5.74, 6) is 0.721. The Morgan fingerprint density at radius 1 is 1.11 bits per heavy atom. The number of halogens is 1. The Hall–Kier alpha value is -0.380. The second-order valence-electron chi connectivity index (χ2n) is 5.43. The second kappa shape index (κ2) is 5.72. The smallest absolute Gasteiger partial charge is 0.0949 e. The predicted octanol–water partition coefficient (Wildman–Crippen LogP) is 3.67. The van der Waals surface area contributed by atoms with E-state index in [1.165, 1.54) is 31.2 Å². The first-order valence-corrected chi connectivity index (χ1v) is 7.72. The van der Waals surface area contributed by atoms with Crippen LogP contribution in [0.3, 0.4) is 0 Å². The van der Waals surface area contributed by atoms with E-state index >= 15 is 0 Å². The van der Waals surface area contributed by atoms with Gasteiger partial charge in [0, 0.05) is 17.1 Å². The number of benzene rings is 1. The van der Waals surface area contributed by atoms with Crippen LogP contribution in [0.2, 0.25) is 0 Å². The summed E-state index contributed by atoms with van der Waals surface area (Å²) in [6.45, 7) is 1.86. The highest BCUT2D eigenvalue weighted by atomic mass is 79.9. The molecule has 1 N–H and O–H groups in total. The minimum absolute atomic E-state index is 0.212. The van der Waals surface area contributed by atoms with E-state index in [4.69, 9.17) is 4.74 Å². The normalized spacial score (nSPS) is 32.6. The summed E-state index contributed by atoms with van der Waals surface area (Å²) in [6.07, 6.45) is 5.60. The molecule has 0 bridgehead atoms. The van der Waals surface area contributed by atoms with Crippen LogP contribution in [0.4, 0.5) is 0 Å². The molecule has 0 amide bonds. The van der Waals surface area contributed by atoms with Crippen molar-refractivity contribution >= 4 is 15.9 Å². The van der Waals surface area contributed by atoms with E-state index in [-0.39, 0.29) is 6.10 Å². The summed E-state index contributed by atoms with van der Waals surface area (Å²) in [7, 11) is 0. The number of nitrogens with one attached hydrogen (secondary N) is 1. The zero-order chi connectivity index (χ0) is 12.4. The molecule has 1 aromatic rings. The molecule has 3 heteroatoms. The summed E-state index contributed by atoms with van der Waals surface area (Å²) >= 11 is 3.48. The van der Waals surface area contributed by atoms with Crippen molar-refractivity contribution in [3.63, 3.8) is 0 Å². The van der Waals surface area contributed by atoms with Crippen molar-refractivity contribution in [3.05, 3.63) is 34.3 Å². The van der Waals surface area contributed by atoms with Gasteiger partial charge >= 0.3 is 0 Å². The molecule has 1 aromatic carbocycles. The third-order valence-corrected chi connectivity index (χ3v) is 4.76. The van der Waals surface area contributed by atoms with Gasteiger partial charge in [0.2, 0.25) is 0 Å². The van der Waals surface area contributed by atoms with Gasteiger partial charge in [0.25, 0.3) is 0 Å². The van der Waals surface area contributed by atoms with E-state index in [0.29, 0.717) is 6.04 Å². The lowest BCUT2D eigenvalue weighted by atomic mass is 9.85. The first-order chi connectivity index (χ1) is 8.83. The Morgan fingerprint density at radius 3 is 2.72 bits per heavy atom. The van der Waals surface area contributed by atoms with E-state index in [1.807, 2.05) is 0 Å². The van der Waals surface area contributed by atoms with Crippen LogP contribution < -0.4 is 5.32 Å². The maximum absolute atomic E-state index is 6.12. The third kappa shape index (κ3) is 2.79. The van der Waals surface area contributed by atoms with Crippen LogP contribution in [0.15, 0.2) is 28.7 Å². The number of fused-ring (bicyclic) bond motifs is 1. The average Bonchev–Trinajstić information content (AvgIpc) is 2.62. The molecule has 0 spiro atoms. The van der Waals surface area contributed by atoms with Crippen LogP contribution in [0, 0.1) is 5.92 Å². The van der Waals surface area contributed by atoms with Gasteiger partial charge in [-0.25, -0.2) is 0 Å². The van der Waals surface area contributed by atoms with E-state index in [2.05, 4.69) is 45.5 Å². The molecule has 1 saturated carbocycles. The fraction of sp³-hybridized carbons (Fsp3) is 0.600. The first kappa shape index (κ1) is 12.6. The van der Waals surface area contributed by atoms with Crippen molar-refractivity contribution < 1.29 is 4.74 Å². The molecule has 1 saturated heterocycles. The summed E-state index contributed by atoms with van der Waals surface area (Å²) in [5.41, 5.74) is 1.28. The summed E-state index contributed by atoms with van der Waals surface area (Å²) in [5, 5.41) is 3.71.